The third kappa shape index (κ3) is 2.74. The molecule has 0 unspecified atom stereocenters. The van der Waals surface area contributed by atoms with Gasteiger partial charge in [0.25, 0.3) is 0 Å². The molecule has 0 spiro atoms. The van der Waals surface area contributed by atoms with E-state index in [9.17, 15) is 0 Å². The van der Waals surface area contributed by atoms with E-state index in [4.69, 9.17) is 0 Å². The zero-order valence-corrected chi connectivity index (χ0v) is 22.8. The summed E-state index contributed by atoms with van der Waals surface area (Å²) >= 11 is 0. The Morgan fingerprint density at radius 3 is 1.50 bits per heavy atom. The first-order chi connectivity index (χ1) is 20.9. The van der Waals surface area contributed by atoms with Crippen LogP contribution < -0.4 is 0 Å². The van der Waals surface area contributed by atoms with E-state index in [2.05, 4.69) is 155 Å². The molecule has 2 aromatic heterocycles. The predicted octanol–water partition coefficient (Wildman–Crippen LogP) is 10.7. The molecule has 1 aliphatic carbocycles. The maximum absolute atomic E-state index is 2.48. The van der Waals surface area contributed by atoms with Crippen LogP contribution in [-0.4, -0.2) is 9.13 Å². The first-order valence-electron chi connectivity index (χ1n) is 14.5. The molecule has 0 amide bonds. The van der Waals surface area contributed by atoms with Crippen molar-refractivity contribution in [2.75, 3.05) is 0 Å². The van der Waals surface area contributed by atoms with Crippen LogP contribution in [0.1, 0.15) is 0 Å². The fourth-order valence-electron chi connectivity index (χ4n) is 7.55. The summed E-state index contributed by atoms with van der Waals surface area (Å²) < 4.78 is 4.86. The Bertz CT molecular complexity index is 2500. The van der Waals surface area contributed by atoms with Crippen molar-refractivity contribution in [2.45, 2.75) is 0 Å². The van der Waals surface area contributed by atoms with Gasteiger partial charge in [-0.15, -0.1) is 0 Å². The molecule has 0 saturated heterocycles. The third-order valence-corrected chi connectivity index (χ3v) is 9.25. The molecule has 7 aromatic carbocycles. The van der Waals surface area contributed by atoms with Crippen LogP contribution in [0.2, 0.25) is 0 Å². The number of fused-ring (bicyclic) bond motifs is 10. The van der Waals surface area contributed by atoms with Gasteiger partial charge in [-0.05, 0) is 69.9 Å². The van der Waals surface area contributed by atoms with Gasteiger partial charge in [0.2, 0.25) is 0 Å². The van der Waals surface area contributed by atoms with E-state index in [1.165, 1.54) is 88.0 Å². The number of benzene rings is 7. The third-order valence-electron chi connectivity index (χ3n) is 9.25. The highest BCUT2D eigenvalue weighted by molar-refractivity contribution is 6.24. The molecule has 194 valence electrons. The molecule has 0 N–H and O–H groups in total. The Morgan fingerprint density at radius 1 is 0.333 bits per heavy atom. The normalized spacial score (nSPS) is 12.3. The maximum Gasteiger partial charge on any atom is 0.0625 e. The fraction of sp³-hybridized carbons (Fsp3) is 0. The minimum Gasteiger partial charge on any atom is -0.309 e. The number of nitrogens with zero attached hydrogens (tertiary/aromatic N) is 2. The lowest BCUT2D eigenvalue weighted by molar-refractivity contribution is 1.15. The summed E-state index contributed by atoms with van der Waals surface area (Å²) in [6, 6.07) is 53.4. The van der Waals surface area contributed by atoms with Crippen molar-refractivity contribution in [3.05, 3.63) is 146 Å². The Hall–Kier alpha value is -5.60. The summed E-state index contributed by atoms with van der Waals surface area (Å²) in [7, 11) is 0. The molecule has 10 rings (SSSR count). The van der Waals surface area contributed by atoms with Crippen molar-refractivity contribution in [1.29, 1.82) is 0 Å². The number of para-hydroxylation sites is 3. The van der Waals surface area contributed by atoms with Gasteiger partial charge in [-0.3, -0.25) is 0 Å². The molecule has 9 aromatic rings. The van der Waals surface area contributed by atoms with E-state index >= 15 is 0 Å². The van der Waals surface area contributed by atoms with Gasteiger partial charge in [0.05, 0.1) is 22.1 Å². The highest BCUT2D eigenvalue weighted by atomic mass is 15.0. The second kappa shape index (κ2) is 7.99. The lowest BCUT2D eigenvalue weighted by Crippen LogP contribution is -1.98. The summed E-state index contributed by atoms with van der Waals surface area (Å²) in [5.74, 6) is 0. The van der Waals surface area contributed by atoms with Crippen LogP contribution in [0, 0.1) is 0 Å². The Morgan fingerprint density at radius 2 is 0.857 bits per heavy atom. The Labute approximate surface area is 242 Å². The summed E-state index contributed by atoms with van der Waals surface area (Å²) in [4.78, 5) is 0. The lowest BCUT2D eigenvalue weighted by atomic mass is 10.0. The number of hydrogen-bond acceptors (Lipinski definition) is 0. The van der Waals surface area contributed by atoms with Gasteiger partial charge in [0, 0.05) is 38.5 Å². The van der Waals surface area contributed by atoms with Gasteiger partial charge < -0.3 is 9.13 Å². The number of aromatic nitrogens is 2. The number of rotatable bonds is 2. The van der Waals surface area contributed by atoms with Gasteiger partial charge in [-0.1, -0.05) is 103 Å². The minimum atomic E-state index is 1.17. The minimum absolute atomic E-state index is 1.17. The van der Waals surface area contributed by atoms with E-state index in [0.29, 0.717) is 0 Å². The average Bonchev–Trinajstić information content (AvgIpc) is 3.69. The summed E-state index contributed by atoms with van der Waals surface area (Å²) in [5.41, 5.74) is 12.6. The van der Waals surface area contributed by atoms with E-state index in [0.717, 1.165) is 0 Å². The van der Waals surface area contributed by atoms with E-state index in [1.54, 1.807) is 0 Å². The molecule has 0 bridgehead atoms. The molecule has 1 aliphatic rings. The second-order valence-corrected chi connectivity index (χ2v) is 11.3. The largest absolute Gasteiger partial charge is 0.309 e. The Kier molecular flexibility index (Phi) is 4.21. The molecule has 0 fully saturated rings. The van der Waals surface area contributed by atoms with Crippen LogP contribution in [0.4, 0.5) is 0 Å². The number of hydrogen-bond donors (Lipinski definition) is 0. The molecule has 0 saturated carbocycles. The second-order valence-electron chi connectivity index (χ2n) is 11.3. The Balaban J connectivity index is 1.26. The molecular weight excluding hydrogens is 508 g/mol. The van der Waals surface area contributed by atoms with Gasteiger partial charge in [-0.2, -0.15) is 0 Å². The highest BCUT2D eigenvalue weighted by Gasteiger charge is 2.26. The van der Waals surface area contributed by atoms with Gasteiger partial charge in [0.1, 0.15) is 0 Å². The SMILES string of the molecule is c1cc2c3c(cccc3c1)-c1c-2ccc2c3ccccc3n(-c3ccc(-n4c5ccccc5c5ccccc54)cc3)c12. The summed E-state index contributed by atoms with van der Waals surface area (Å²) in [5, 5.41) is 7.80. The fourth-order valence-corrected chi connectivity index (χ4v) is 7.55. The smallest absolute Gasteiger partial charge is 0.0625 e. The molecule has 0 atom stereocenters. The standard InChI is InChI=1S/C40H24N2/c1-4-16-35-28(11-1)29-12-2-5-17-36(29)41(35)26-19-21-27(22-20-26)42-37-18-6-3-13-30(37)33-24-23-32-31-14-7-9-25-10-8-15-34(38(25)31)39(32)40(33)42/h1-24H. The summed E-state index contributed by atoms with van der Waals surface area (Å²) in [6.07, 6.45) is 0. The van der Waals surface area contributed by atoms with Gasteiger partial charge in [0.15, 0.2) is 0 Å². The highest BCUT2D eigenvalue weighted by Crippen LogP contribution is 2.51. The van der Waals surface area contributed by atoms with Crippen LogP contribution in [0.15, 0.2) is 146 Å². The molecular formula is C40H24N2. The van der Waals surface area contributed by atoms with Crippen LogP contribution in [0.5, 0.6) is 0 Å². The quantitative estimate of drug-likeness (QED) is 0.210. The monoisotopic (exact) mass is 532 g/mol. The predicted molar refractivity (Wildman–Crippen MR) is 177 cm³/mol. The van der Waals surface area contributed by atoms with Crippen molar-refractivity contribution in [3.63, 3.8) is 0 Å². The molecule has 0 aliphatic heterocycles. The van der Waals surface area contributed by atoms with Crippen molar-refractivity contribution in [2.24, 2.45) is 0 Å². The molecule has 0 radical (unpaired) electrons. The van der Waals surface area contributed by atoms with Gasteiger partial charge >= 0.3 is 0 Å². The molecule has 42 heavy (non-hydrogen) atoms. The van der Waals surface area contributed by atoms with Crippen LogP contribution in [-0.2, 0) is 0 Å². The maximum atomic E-state index is 2.48. The lowest BCUT2D eigenvalue weighted by Gasteiger charge is -2.14. The van der Waals surface area contributed by atoms with E-state index in [-0.39, 0.29) is 0 Å². The first kappa shape index (κ1) is 22.1. The topological polar surface area (TPSA) is 9.86 Å². The first-order valence-corrected chi connectivity index (χ1v) is 14.5. The van der Waals surface area contributed by atoms with Crippen molar-refractivity contribution in [1.82, 2.24) is 9.13 Å². The van der Waals surface area contributed by atoms with Crippen molar-refractivity contribution in [3.8, 4) is 33.6 Å². The van der Waals surface area contributed by atoms with Crippen LogP contribution in [0.3, 0.4) is 0 Å². The van der Waals surface area contributed by atoms with E-state index in [1.807, 2.05) is 0 Å². The van der Waals surface area contributed by atoms with Crippen molar-refractivity contribution < 1.29 is 0 Å². The zero-order valence-electron chi connectivity index (χ0n) is 22.8. The van der Waals surface area contributed by atoms with E-state index < -0.39 is 0 Å². The van der Waals surface area contributed by atoms with Crippen molar-refractivity contribution >= 4 is 54.4 Å². The molecule has 2 nitrogen and oxygen atoms in total. The average molecular weight is 533 g/mol. The molecule has 2 heterocycles. The van der Waals surface area contributed by atoms with Gasteiger partial charge in [-0.25, -0.2) is 0 Å². The van der Waals surface area contributed by atoms with Crippen LogP contribution in [0.25, 0.3) is 88.0 Å². The summed E-state index contributed by atoms with van der Waals surface area (Å²) in [6.45, 7) is 0. The zero-order chi connectivity index (χ0) is 27.4. The van der Waals surface area contributed by atoms with Crippen LogP contribution >= 0.6 is 0 Å². The molecule has 2 heteroatoms.